The van der Waals surface area contributed by atoms with Gasteiger partial charge in [-0.05, 0) is 25.0 Å². The summed E-state index contributed by atoms with van der Waals surface area (Å²) in [7, 11) is 0. The second kappa shape index (κ2) is 7.91. The van der Waals surface area contributed by atoms with E-state index in [9.17, 15) is 9.59 Å². The molecule has 23 heavy (non-hydrogen) atoms. The molecular formula is C20H25NO2. The molecular weight excluding hydrogens is 286 g/mol. The lowest BCUT2D eigenvalue weighted by atomic mass is 9.98. The summed E-state index contributed by atoms with van der Waals surface area (Å²) >= 11 is 0. The van der Waals surface area contributed by atoms with E-state index in [0.29, 0.717) is 30.0 Å². The predicted molar refractivity (Wildman–Crippen MR) is 92.8 cm³/mol. The number of carbonyl (C=O) groups excluding carboxylic acids is 2. The molecule has 0 N–H and O–H groups in total. The molecule has 1 unspecified atom stereocenters. The van der Waals surface area contributed by atoms with Crippen molar-refractivity contribution in [1.29, 1.82) is 0 Å². The molecule has 122 valence electrons. The molecule has 0 radical (unpaired) electrons. The van der Waals surface area contributed by atoms with E-state index in [1.165, 1.54) is 0 Å². The van der Waals surface area contributed by atoms with E-state index >= 15 is 0 Å². The minimum atomic E-state index is 0.0328. The average molecular weight is 311 g/mol. The molecule has 0 saturated carbocycles. The number of rotatable bonds is 5. The Balaban J connectivity index is 0.000000924. The minimum Gasteiger partial charge on any atom is -0.341 e. The standard InChI is InChI=1S/C18H19NO2.C2H6/c1-2-6-17(20)14-11-15-9-10-16(19(15)12-14)18(21)13-7-4-3-5-8-13;1-2/h3-5,7-10,14H,2,6,11-12H2,1H3;1-2H3. The molecule has 1 atom stereocenters. The van der Waals surface area contributed by atoms with Crippen LogP contribution in [-0.4, -0.2) is 16.1 Å². The third-order valence-electron chi connectivity index (χ3n) is 4.15. The molecule has 3 heteroatoms. The zero-order valence-electron chi connectivity index (χ0n) is 14.2. The van der Waals surface area contributed by atoms with Crippen molar-refractivity contribution in [2.75, 3.05) is 0 Å². The molecule has 3 rings (SSSR count). The van der Waals surface area contributed by atoms with Crippen LogP contribution in [0.3, 0.4) is 0 Å². The largest absolute Gasteiger partial charge is 0.341 e. The summed E-state index contributed by atoms with van der Waals surface area (Å²) in [5.41, 5.74) is 2.49. The van der Waals surface area contributed by atoms with E-state index in [2.05, 4.69) is 0 Å². The SMILES string of the molecule is CC.CCCC(=O)C1Cc2ccc(C(=O)c3ccccc3)n2C1. The van der Waals surface area contributed by atoms with Crippen LogP contribution in [0.4, 0.5) is 0 Å². The van der Waals surface area contributed by atoms with Gasteiger partial charge in [0, 0.05) is 30.1 Å². The molecule has 1 aliphatic heterocycles. The fourth-order valence-corrected chi connectivity index (χ4v) is 3.04. The van der Waals surface area contributed by atoms with Crippen LogP contribution in [0.5, 0.6) is 0 Å². The summed E-state index contributed by atoms with van der Waals surface area (Å²) < 4.78 is 2.02. The van der Waals surface area contributed by atoms with Gasteiger partial charge in [-0.15, -0.1) is 0 Å². The van der Waals surface area contributed by atoms with E-state index < -0.39 is 0 Å². The van der Waals surface area contributed by atoms with Crippen molar-refractivity contribution in [3.63, 3.8) is 0 Å². The zero-order valence-corrected chi connectivity index (χ0v) is 14.2. The maximum absolute atomic E-state index is 12.6. The number of nitrogens with zero attached hydrogens (tertiary/aromatic N) is 1. The van der Waals surface area contributed by atoms with Gasteiger partial charge in [0.25, 0.3) is 0 Å². The van der Waals surface area contributed by atoms with Gasteiger partial charge in [0.2, 0.25) is 5.78 Å². The van der Waals surface area contributed by atoms with Crippen LogP contribution in [0.1, 0.15) is 55.4 Å². The molecule has 0 amide bonds. The third-order valence-corrected chi connectivity index (χ3v) is 4.15. The topological polar surface area (TPSA) is 39.1 Å². The maximum Gasteiger partial charge on any atom is 0.209 e. The third kappa shape index (κ3) is 3.61. The smallest absolute Gasteiger partial charge is 0.209 e. The van der Waals surface area contributed by atoms with Crippen molar-refractivity contribution >= 4 is 11.6 Å². The highest BCUT2D eigenvalue weighted by atomic mass is 16.1. The number of hydrogen-bond donors (Lipinski definition) is 0. The molecule has 1 aliphatic rings. The Morgan fingerprint density at radius 3 is 2.43 bits per heavy atom. The van der Waals surface area contributed by atoms with Crippen molar-refractivity contribution in [2.45, 2.75) is 46.6 Å². The number of hydrogen-bond acceptors (Lipinski definition) is 2. The number of fused-ring (bicyclic) bond motifs is 1. The first-order chi connectivity index (χ1) is 11.2. The molecule has 1 aromatic carbocycles. The molecule has 0 saturated heterocycles. The summed E-state index contributed by atoms with van der Waals surface area (Å²) in [6, 6.07) is 13.2. The van der Waals surface area contributed by atoms with Crippen LogP contribution in [0, 0.1) is 5.92 Å². The summed E-state index contributed by atoms with van der Waals surface area (Å²) in [4.78, 5) is 24.6. The van der Waals surface area contributed by atoms with Crippen LogP contribution in [-0.2, 0) is 17.8 Å². The summed E-state index contributed by atoms with van der Waals surface area (Å²) in [6.07, 6.45) is 2.29. The molecule has 0 fully saturated rings. The van der Waals surface area contributed by atoms with E-state index in [0.717, 1.165) is 18.5 Å². The Kier molecular flexibility index (Phi) is 5.91. The normalized spacial score (nSPS) is 15.5. The highest BCUT2D eigenvalue weighted by Gasteiger charge is 2.29. The van der Waals surface area contributed by atoms with Gasteiger partial charge in [-0.1, -0.05) is 51.1 Å². The van der Waals surface area contributed by atoms with Crippen LogP contribution in [0.15, 0.2) is 42.5 Å². The van der Waals surface area contributed by atoms with Gasteiger partial charge < -0.3 is 4.57 Å². The Hall–Kier alpha value is -2.16. The Labute approximate surface area is 138 Å². The van der Waals surface area contributed by atoms with E-state index in [4.69, 9.17) is 0 Å². The van der Waals surface area contributed by atoms with Gasteiger partial charge in [0.15, 0.2) is 0 Å². The van der Waals surface area contributed by atoms with Crippen molar-refractivity contribution in [3.8, 4) is 0 Å². The van der Waals surface area contributed by atoms with Crippen molar-refractivity contribution in [3.05, 3.63) is 59.4 Å². The van der Waals surface area contributed by atoms with Crippen LogP contribution in [0.2, 0.25) is 0 Å². The fraction of sp³-hybridized carbons (Fsp3) is 0.400. The molecule has 2 aromatic rings. The van der Waals surface area contributed by atoms with Crippen LogP contribution >= 0.6 is 0 Å². The number of ketones is 2. The molecule has 0 spiro atoms. The predicted octanol–water partition coefficient (Wildman–Crippen LogP) is 4.29. The monoisotopic (exact) mass is 311 g/mol. The van der Waals surface area contributed by atoms with Gasteiger partial charge in [-0.25, -0.2) is 0 Å². The molecule has 1 aromatic heterocycles. The quantitative estimate of drug-likeness (QED) is 0.773. The van der Waals surface area contributed by atoms with Gasteiger partial charge in [-0.3, -0.25) is 9.59 Å². The van der Waals surface area contributed by atoms with Crippen LogP contribution in [0.25, 0.3) is 0 Å². The second-order valence-corrected chi connectivity index (χ2v) is 5.63. The van der Waals surface area contributed by atoms with E-state index in [-0.39, 0.29) is 11.7 Å². The van der Waals surface area contributed by atoms with Gasteiger partial charge in [0.1, 0.15) is 5.78 Å². The summed E-state index contributed by atoms with van der Waals surface area (Å²) in [5.74, 6) is 0.397. The molecule has 0 aliphatic carbocycles. The first-order valence-electron chi connectivity index (χ1n) is 8.51. The van der Waals surface area contributed by atoms with Gasteiger partial charge >= 0.3 is 0 Å². The van der Waals surface area contributed by atoms with Gasteiger partial charge in [-0.2, -0.15) is 0 Å². The number of benzene rings is 1. The zero-order chi connectivity index (χ0) is 16.8. The Morgan fingerprint density at radius 1 is 1.09 bits per heavy atom. The van der Waals surface area contributed by atoms with Crippen molar-refractivity contribution in [2.24, 2.45) is 5.92 Å². The van der Waals surface area contributed by atoms with E-state index in [1.54, 1.807) is 0 Å². The summed E-state index contributed by atoms with van der Waals surface area (Å²) in [5, 5.41) is 0. The second-order valence-electron chi connectivity index (χ2n) is 5.63. The highest BCUT2D eigenvalue weighted by molar-refractivity contribution is 6.08. The van der Waals surface area contributed by atoms with E-state index in [1.807, 2.05) is 67.8 Å². The number of Topliss-reactive ketones (excluding diaryl/α,β-unsaturated/α-hetero) is 1. The molecule has 0 bridgehead atoms. The average Bonchev–Trinajstić information content (AvgIpc) is 3.17. The van der Waals surface area contributed by atoms with Crippen LogP contribution < -0.4 is 0 Å². The highest BCUT2D eigenvalue weighted by Crippen LogP contribution is 2.27. The first kappa shape index (κ1) is 17.2. The lowest BCUT2D eigenvalue weighted by molar-refractivity contribution is -0.122. The first-order valence-corrected chi connectivity index (χ1v) is 8.51. The maximum atomic E-state index is 12.6. The van der Waals surface area contributed by atoms with Gasteiger partial charge in [0.05, 0.1) is 5.69 Å². The Morgan fingerprint density at radius 2 is 1.78 bits per heavy atom. The number of carbonyl (C=O) groups is 2. The Bertz CT molecular complexity index is 670. The molecule has 2 heterocycles. The lowest BCUT2D eigenvalue weighted by Crippen LogP contribution is -2.17. The number of aromatic nitrogens is 1. The summed E-state index contributed by atoms with van der Waals surface area (Å²) in [6.45, 7) is 6.67. The fourth-order valence-electron chi connectivity index (χ4n) is 3.04. The lowest BCUT2D eigenvalue weighted by Gasteiger charge is -2.09. The molecule has 3 nitrogen and oxygen atoms in total. The van der Waals surface area contributed by atoms with Crippen molar-refractivity contribution < 1.29 is 9.59 Å². The minimum absolute atomic E-state index is 0.0328. The van der Waals surface area contributed by atoms with Crippen molar-refractivity contribution in [1.82, 2.24) is 4.57 Å².